The van der Waals surface area contributed by atoms with Crippen LogP contribution in [-0.4, -0.2) is 48.7 Å². The number of hydrogen-bond acceptors (Lipinski definition) is 4. The second kappa shape index (κ2) is 6.90. The number of nitrogens with zero attached hydrogens (tertiary/aromatic N) is 1. The van der Waals surface area contributed by atoms with Crippen LogP contribution in [0.15, 0.2) is 0 Å². The standard InChI is InChI=1S/C16H30N2O2/c1-4-20-15(19)16(2,17-13-7-8-13)11-5-6-12-18(3)14-9-10-14/h13-14,17H,4-12H2,1-3H3. The third-order valence-corrected chi connectivity index (χ3v) is 4.43. The lowest BCUT2D eigenvalue weighted by atomic mass is 9.94. The van der Waals surface area contributed by atoms with E-state index in [9.17, 15) is 4.79 Å². The van der Waals surface area contributed by atoms with Gasteiger partial charge in [0.1, 0.15) is 5.54 Å². The second-order valence-electron chi connectivity index (χ2n) is 6.64. The number of esters is 1. The molecule has 0 spiro atoms. The summed E-state index contributed by atoms with van der Waals surface area (Å²) in [5.41, 5.74) is -0.491. The summed E-state index contributed by atoms with van der Waals surface area (Å²) in [6.45, 7) is 5.49. The predicted molar refractivity (Wildman–Crippen MR) is 80.7 cm³/mol. The Labute approximate surface area is 123 Å². The Kier molecular flexibility index (Phi) is 5.44. The molecule has 0 radical (unpaired) electrons. The lowest BCUT2D eigenvalue weighted by Gasteiger charge is -2.29. The van der Waals surface area contributed by atoms with E-state index in [4.69, 9.17) is 4.74 Å². The van der Waals surface area contributed by atoms with Gasteiger partial charge in [0.2, 0.25) is 0 Å². The van der Waals surface area contributed by atoms with Crippen LogP contribution in [0.1, 0.15) is 58.8 Å². The van der Waals surface area contributed by atoms with Crippen molar-refractivity contribution < 1.29 is 9.53 Å². The molecule has 2 aliphatic rings. The molecule has 2 fully saturated rings. The Hall–Kier alpha value is -0.610. The van der Waals surface area contributed by atoms with Gasteiger partial charge in [-0.3, -0.25) is 10.1 Å². The van der Waals surface area contributed by atoms with Gasteiger partial charge in [0.05, 0.1) is 6.61 Å². The summed E-state index contributed by atoms with van der Waals surface area (Å²) in [6, 6.07) is 1.36. The van der Waals surface area contributed by atoms with E-state index in [1.54, 1.807) is 0 Å². The topological polar surface area (TPSA) is 41.6 Å². The van der Waals surface area contributed by atoms with E-state index < -0.39 is 5.54 Å². The summed E-state index contributed by atoms with van der Waals surface area (Å²) >= 11 is 0. The molecule has 4 heteroatoms. The number of rotatable bonds is 10. The van der Waals surface area contributed by atoms with Crippen molar-refractivity contribution in [3.8, 4) is 0 Å². The number of carbonyl (C=O) groups excluding carboxylic acids is 1. The van der Waals surface area contributed by atoms with Crippen LogP contribution in [-0.2, 0) is 9.53 Å². The summed E-state index contributed by atoms with van der Waals surface area (Å²) < 4.78 is 5.25. The molecule has 1 unspecified atom stereocenters. The average molecular weight is 282 g/mol. The van der Waals surface area contributed by atoms with Crippen LogP contribution in [0.2, 0.25) is 0 Å². The van der Waals surface area contributed by atoms with Crippen molar-refractivity contribution in [2.24, 2.45) is 0 Å². The molecule has 1 atom stereocenters. The molecule has 0 heterocycles. The van der Waals surface area contributed by atoms with Crippen molar-refractivity contribution in [1.29, 1.82) is 0 Å². The molecule has 2 rings (SSSR count). The minimum atomic E-state index is -0.491. The summed E-state index contributed by atoms with van der Waals surface area (Å²) in [5, 5.41) is 3.49. The molecule has 0 aliphatic heterocycles. The first-order chi connectivity index (χ1) is 9.55. The maximum Gasteiger partial charge on any atom is 0.326 e. The van der Waals surface area contributed by atoms with Crippen molar-refractivity contribution in [3.63, 3.8) is 0 Å². The zero-order valence-electron chi connectivity index (χ0n) is 13.3. The minimum Gasteiger partial charge on any atom is -0.465 e. The van der Waals surface area contributed by atoms with Crippen molar-refractivity contribution in [2.75, 3.05) is 20.2 Å². The van der Waals surface area contributed by atoms with Gasteiger partial charge in [-0.05, 0) is 72.4 Å². The third kappa shape index (κ3) is 4.74. The maximum atomic E-state index is 12.2. The Bertz CT molecular complexity index is 326. The molecule has 20 heavy (non-hydrogen) atoms. The van der Waals surface area contributed by atoms with E-state index in [0.717, 1.165) is 31.8 Å². The first-order valence-electron chi connectivity index (χ1n) is 8.20. The summed E-state index contributed by atoms with van der Waals surface area (Å²) in [5.74, 6) is -0.0811. The van der Waals surface area contributed by atoms with Gasteiger partial charge in [-0.25, -0.2) is 0 Å². The van der Waals surface area contributed by atoms with Crippen LogP contribution in [0.25, 0.3) is 0 Å². The van der Waals surface area contributed by atoms with Crippen LogP contribution >= 0.6 is 0 Å². The molecule has 0 aromatic carbocycles. The molecule has 1 N–H and O–H groups in total. The largest absolute Gasteiger partial charge is 0.465 e. The van der Waals surface area contributed by atoms with Crippen LogP contribution < -0.4 is 5.32 Å². The molecule has 2 saturated carbocycles. The van der Waals surface area contributed by atoms with Gasteiger partial charge in [0, 0.05) is 12.1 Å². The predicted octanol–water partition coefficient (Wildman–Crippen LogP) is 2.32. The molecular weight excluding hydrogens is 252 g/mol. The number of carbonyl (C=O) groups is 1. The van der Waals surface area contributed by atoms with Crippen LogP contribution in [0.5, 0.6) is 0 Å². The lowest BCUT2D eigenvalue weighted by Crippen LogP contribution is -2.51. The number of unbranched alkanes of at least 4 members (excludes halogenated alkanes) is 1. The molecule has 0 aromatic heterocycles. The van der Waals surface area contributed by atoms with Crippen LogP contribution in [0.3, 0.4) is 0 Å². The smallest absolute Gasteiger partial charge is 0.326 e. The SMILES string of the molecule is CCOC(=O)C(C)(CCCCN(C)C1CC1)NC1CC1. The van der Waals surface area contributed by atoms with Gasteiger partial charge in [-0.1, -0.05) is 0 Å². The summed E-state index contributed by atoms with van der Waals surface area (Å²) in [7, 11) is 2.21. The maximum absolute atomic E-state index is 12.2. The second-order valence-corrected chi connectivity index (χ2v) is 6.64. The molecule has 0 amide bonds. The molecule has 4 nitrogen and oxygen atoms in total. The monoisotopic (exact) mass is 282 g/mol. The van der Waals surface area contributed by atoms with E-state index in [1.807, 2.05) is 13.8 Å². The first-order valence-corrected chi connectivity index (χ1v) is 8.20. The highest BCUT2D eigenvalue weighted by Crippen LogP contribution is 2.27. The first kappa shape index (κ1) is 15.8. The van der Waals surface area contributed by atoms with E-state index in [-0.39, 0.29) is 5.97 Å². The number of hydrogen-bond donors (Lipinski definition) is 1. The van der Waals surface area contributed by atoms with Gasteiger partial charge in [-0.15, -0.1) is 0 Å². The minimum absolute atomic E-state index is 0.0811. The normalized spacial score (nSPS) is 21.8. The van der Waals surface area contributed by atoms with E-state index in [1.165, 1.54) is 25.7 Å². The van der Waals surface area contributed by atoms with Gasteiger partial charge in [0.25, 0.3) is 0 Å². The van der Waals surface area contributed by atoms with Crippen molar-refractivity contribution in [3.05, 3.63) is 0 Å². The fraction of sp³-hybridized carbons (Fsp3) is 0.938. The van der Waals surface area contributed by atoms with Gasteiger partial charge < -0.3 is 9.64 Å². The third-order valence-electron chi connectivity index (χ3n) is 4.43. The highest BCUT2D eigenvalue weighted by Gasteiger charge is 2.39. The summed E-state index contributed by atoms with van der Waals surface area (Å²) in [6.07, 6.45) is 8.22. The average Bonchev–Trinajstić information content (AvgIpc) is 3.26. The number of ether oxygens (including phenoxy) is 1. The Morgan fingerprint density at radius 2 is 2.00 bits per heavy atom. The Morgan fingerprint density at radius 1 is 1.30 bits per heavy atom. The van der Waals surface area contributed by atoms with Crippen molar-refractivity contribution >= 4 is 5.97 Å². The lowest BCUT2D eigenvalue weighted by molar-refractivity contribution is -0.151. The van der Waals surface area contributed by atoms with E-state index in [0.29, 0.717) is 12.6 Å². The zero-order chi connectivity index (χ0) is 14.6. The van der Waals surface area contributed by atoms with Gasteiger partial charge in [0.15, 0.2) is 0 Å². The van der Waals surface area contributed by atoms with Gasteiger partial charge >= 0.3 is 5.97 Å². The van der Waals surface area contributed by atoms with Crippen molar-refractivity contribution in [1.82, 2.24) is 10.2 Å². The van der Waals surface area contributed by atoms with E-state index >= 15 is 0 Å². The molecular formula is C16H30N2O2. The highest BCUT2D eigenvalue weighted by atomic mass is 16.5. The van der Waals surface area contributed by atoms with E-state index in [2.05, 4.69) is 17.3 Å². The molecule has 0 bridgehead atoms. The fourth-order valence-electron chi connectivity index (χ4n) is 2.74. The quantitative estimate of drug-likeness (QED) is 0.493. The zero-order valence-corrected chi connectivity index (χ0v) is 13.3. The molecule has 0 aromatic rings. The van der Waals surface area contributed by atoms with Crippen LogP contribution in [0, 0.1) is 0 Å². The Morgan fingerprint density at radius 3 is 2.55 bits per heavy atom. The number of nitrogens with one attached hydrogen (secondary N) is 1. The van der Waals surface area contributed by atoms with Crippen molar-refractivity contribution in [2.45, 2.75) is 76.4 Å². The molecule has 0 saturated heterocycles. The highest BCUT2D eigenvalue weighted by molar-refractivity contribution is 5.80. The Balaban J connectivity index is 1.72. The molecule has 116 valence electrons. The van der Waals surface area contributed by atoms with Gasteiger partial charge in [-0.2, -0.15) is 0 Å². The van der Waals surface area contributed by atoms with Crippen LogP contribution in [0.4, 0.5) is 0 Å². The summed E-state index contributed by atoms with van der Waals surface area (Å²) in [4.78, 5) is 14.6. The molecule has 2 aliphatic carbocycles. The fourth-order valence-corrected chi connectivity index (χ4v) is 2.74.